The van der Waals surface area contributed by atoms with E-state index in [2.05, 4.69) is 36.2 Å². The number of hydrogen-bond donors (Lipinski definition) is 6. The molecule has 0 unspecified atom stereocenters. The SMILES string of the molecule is COc1cc(Nc2ccccc2)cc(Nc2ccc(C=Cc3ccc(Nc4nc(Nc5ccccc5)nc(OC)n4)cc3S(=O)(=O)O)c(S(=O)(=O)O)c2)c1. The summed E-state index contributed by atoms with van der Waals surface area (Å²) in [6.07, 6.45) is 2.59. The van der Waals surface area contributed by atoms with Crippen molar-refractivity contribution in [3.05, 3.63) is 126 Å². The van der Waals surface area contributed by atoms with Gasteiger partial charge >= 0.3 is 6.01 Å². The molecule has 15 nitrogen and oxygen atoms in total. The van der Waals surface area contributed by atoms with Crippen molar-refractivity contribution in [3.63, 3.8) is 0 Å². The predicted octanol–water partition coefficient (Wildman–Crippen LogP) is 7.53. The van der Waals surface area contributed by atoms with Crippen LogP contribution in [0.25, 0.3) is 12.2 Å². The van der Waals surface area contributed by atoms with Gasteiger partial charge in [-0.3, -0.25) is 9.11 Å². The van der Waals surface area contributed by atoms with Gasteiger partial charge in [0, 0.05) is 46.3 Å². The van der Waals surface area contributed by atoms with Crippen LogP contribution in [0.2, 0.25) is 0 Å². The van der Waals surface area contributed by atoms with E-state index in [9.17, 15) is 25.9 Å². The van der Waals surface area contributed by atoms with Crippen LogP contribution in [0.1, 0.15) is 11.1 Å². The molecule has 0 spiro atoms. The summed E-state index contributed by atoms with van der Waals surface area (Å²) < 4.78 is 81.0. The minimum absolute atomic E-state index is 0.00832. The van der Waals surface area contributed by atoms with Gasteiger partial charge in [-0.25, -0.2) is 0 Å². The fourth-order valence-corrected chi connectivity index (χ4v) is 6.60. The van der Waals surface area contributed by atoms with E-state index in [1.165, 1.54) is 50.6 Å². The number of nitrogens with zero attached hydrogens (tertiary/aromatic N) is 3. The van der Waals surface area contributed by atoms with Crippen LogP contribution in [0.15, 0.2) is 125 Å². The Morgan fingerprint density at radius 2 is 0.944 bits per heavy atom. The van der Waals surface area contributed by atoms with Crippen LogP contribution < -0.4 is 30.7 Å². The molecule has 0 fully saturated rings. The normalized spacial score (nSPS) is 11.6. The number of ether oxygens (including phenoxy) is 2. The quantitative estimate of drug-likeness (QED) is 0.0467. The maximum atomic E-state index is 12.5. The number of anilines is 8. The number of rotatable bonds is 14. The lowest BCUT2D eigenvalue weighted by Crippen LogP contribution is -2.07. The van der Waals surface area contributed by atoms with Gasteiger partial charge in [-0.05, 0) is 65.7 Å². The molecular formula is C37H33N7O8S2. The van der Waals surface area contributed by atoms with Crippen molar-refractivity contribution >= 4 is 78.4 Å². The molecule has 0 radical (unpaired) electrons. The van der Waals surface area contributed by atoms with E-state index in [0.29, 0.717) is 28.5 Å². The van der Waals surface area contributed by atoms with Crippen LogP contribution in [-0.2, 0) is 20.2 Å². The Bertz CT molecular complexity index is 2360. The van der Waals surface area contributed by atoms with Gasteiger partial charge in [0.1, 0.15) is 15.5 Å². The topological polar surface area (TPSA) is 214 Å². The van der Waals surface area contributed by atoms with E-state index in [1.54, 1.807) is 36.4 Å². The maximum absolute atomic E-state index is 12.5. The van der Waals surface area contributed by atoms with Gasteiger partial charge in [0.2, 0.25) is 11.9 Å². The molecule has 0 amide bonds. The van der Waals surface area contributed by atoms with Crippen LogP contribution in [0.3, 0.4) is 0 Å². The molecule has 0 bridgehead atoms. The molecule has 6 rings (SSSR count). The molecular weight excluding hydrogens is 735 g/mol. The van der Waals surface area contributed by atoms with E-state index >= 15 is 0 Å². The van der Waals surface area contributed by atoms with E-state index in [4.69, 9.17) is 9.47 Å². The maximum Gasteiger partial charge on any atom is 0.322 e. The highest BCUT2D eigenvalue weighted by atomic mass is 32.2. The summed E-state index contributed by atoms with van der Waals surface area (Å²) in [7, 11) is -6.66. The lowest BCUT2D eigenvalue weighted by molar-refractivity contribution is 0.380. The van der Waals surface area contributed by atoms with Crippen molar-refractivity contribution in [2.24, 2.45) is 0 Å². The Kier molecular flexibility index (Phi) is 11.0. The van der Waals surface area contributed by atoms with Crippen molar-refractivity contribution in [1.82, 2.24) is 15.0 Å². The second-order valence-corrected chi connectivity index (χ2v) is 14.2. The van der Waals surface area contributed by atoms with Gasteiger partial charge in [-0.2, -0.15) is 31.8 Å². The average Bonchev–Trinajstić information content (AvgIpc) is 3.14. The Hall–Kier alpha value is -6.53. The summed E-state index contributed by atoms with van der Waals surface area (Å²) >= 11 is 0. The fraction of sp³-hybridized carbons (Fsp3) is 0.0541. The minimum atomic E-state index is -4.80. The molecule has 1 heterocycles. The van der Waals surface area contributed by atoms with Gasteiger partial charge < -0.3 is 30.7 Å². The van der Waals surface area contributed by atoms with E-state index in [-0.39, 0.29) is 34.7 Å². The van der Waals surface area contributed by atoms with E-state index in [1.807, 2.05) is 48.5 Å². The second kappa shape index (κ2) is 16.0. The molecule has 6 aromatic rings. The Balaban J connectivity index is 1.26. The largest absolute Gasteiger partial charge is 0.497 e. The van der Waals surface area contributed by atoms with E-state index < -0.39 is 30.0 Å². The van der Waals surface area contributed by atoms with Crippen molar-refractivity contribution in [2.75, 3.05) is 35.5 Å². The summed E-state index contributed by atoms with van der Waals surface area (Å²) in [6, 6.07) is 32.2. The van der Waals surface area contributed by atoms with Crippen LogP contribution in [0, 0.1) is 0 Å². The predicted molar refractivity (Wildman–Crippen MR) is 207 cm³/mol. The Morgan fingerprint density at radius 3 is 1.41 bits per heavy atom. The van der Waals surface area contributed by atoms with Crippen molar-refractivity contribution in [2.45, 2.75) is 9.79 Å². The van der Waals surface area contributed by atoms with Gasteiger partial charge in [0.15, 0.2) is 0 Å². The summed E-state index contributed by atoms with van der Waals surface area (Å²) in [5, 5.41) is 12.3. The molecule has 0 aliphatic carbocycles. The molecule has 0 saturated carbocycles. The highest BCUT2D eigenvalue weighted by Gasteiger charge is 2.19. The van der Waals surface area contributed by atoms with Gasteiger partial charge in [-0.1, -0.05) is 60.7 Å². The van der Waals surface area contributed by atoms with Gasteiger partial charge in [0.25, 0.3) is 20.2 Å². The smallest absolute Gasteiger partial charge is 0.322 e. The Labute approximate surface area is 311 Å². The highest BCUT2D eigenvalue weighted by molar-refractivity contribution is 7.86. The third kappa shape index (κ3) is 9.66. The Morgan fingerprint density at radius 1 is 0.500 bits per heavy atom. The van der Waals surface area contributed by atoms with Gasteiger partial charge in [-0.15, -0.1) is 0 Å². The first-order chi connectivity index (χ1) is 25.9. The van der Waals surface area contributed by atoms with Crippen LogP contribution in [-0.4, -0.2) is 55.1 Å². The van der Waals surface area contributed by atoms with Crippen molar-refractivity contribution in [3.8, 4) is 11.8 Å². The molecule has 0 saturated heterocycles. The number of hydrogen-bond acceptors (Lipinski definition) is 13. The summed E-state index contributed by atoms with van der Waals surface area (Å²) in [6.45, 7) is 0. The first-order valence-electron chi connectivity index (χ1n) is 15.9. The zero-order valence-electron chi connectivity index (χ0n) is 28.6. The second-order valence-electron chi connectivity index (χ2n) is 11.4. The average molecular weight is 768 g/mol. The number of benzene rings is 5. The fourth-order valence-electron chi connectivity index (χ4n) is 5.18. The molecule has 6 N–H and O–H groups in total. The number of aromatic nitrogens is 3. The lowest BCUT2D eigenvalue weighted by atomic mass is 10.1. The number of methoxy groups -OCH3 is 2. The molecule has 276 valence electrons. The zero-order chi connectivity index (χ0) is 38.3. The number of nitrogens with one attached hydrogen (secondary N) is 4. The molecule has 0 aliphatic heterocycles. The third-order valence-corrected chi connectivity index (χ3v) is 9.42. The van der Waals surface area contributed by atoms with Crippen molar-refractivity contribution < 1.29 is 35.4 Å². The van der Waals surface area contributed by atoms with Crippen LogP contribution in [0.5, 0.6) is 11.8 Å². The monoisotopic (exact) mass is 767 g/mol. The molecule has 54 heavy (non-hydrogen) atoms. The molecule has 17 heteroatoms. The molecule has 0 aliphatic rings. The molecule has 0 atom stereocenters. The highest BCUT2D eigenvalue weighted by Crippen LogP contribution is 2.32. The third-order valence-electron chi connectivity index (χ3n) is 7.60. The minimum Gasteiger partial charge on any atom is -0.497 e. The van der Waals surface area contributed by atoms with Crippen LogP contribution >= 0.6 is 0 Å². The zero-order valence-corrected chi connectivity index (χ0v) is 30.3. The van der Waals surface area contributed by atoms with E-state index in [0.717, 1.165) is 11.8 Å². The standard InChI is InChI=1S/C37H33N7O8S2/c1-51-32-20-30(38-26-9-5-3-6-10-26)19-31(21-32)39-28-17-15-24(33(22-28)53(45,46)47)13-14-25-16-18-29(23-34(25)54(48,49)50)41-36-42-35(43-37(44-36)52-2)40-27-11-7-4-8-12-27/h3-23,38-39H,1-2H3,(H,45,46,47)(H,48,49,50)(H2,40,41,42,43,44). The first kappa shape index (κ1) is 37.2. The summed E-state index contributed by atoms with van der Waals surface area (Å²) in [4.78, 5) is 11.7. The lowest BCUT2D eigenvalue weighted by Gasteiger charge is -2.14. The van der Waals surface area contributed by atoms with Crippen molar-refractivity contribution in [1.29, 1.82) is 0 Å². The molecule has 5 aromatic carbocycles. The first-order valence-corrected chi connectivity index (χ1v) is 18.8. The van der Waals surface area contributed by atoms with Gasteiger partial charge in [0.05, 0.1) is 14.2 Å². The molecule has 1 aromatic heterocycles. The summed E-state index contributed by atoms with van der Waals surface area (Å²) in [5.41, 5.74) is 3.37. The van der Waals surface area contributed by atoms with Crippen LogP contribution in [0.4, 0.5) is 46.0 Å². The summed E-state index contributed by atoms with van der Waals surface area (Å²) in [5.74, 6) is 0.685. The number of para-hydroxylation sites is 2.